The lowest BCUT2D eigenvalue weighted by Gasteiger charge is -2.10. The molecule has 0 saturated carbocycles. The van der Waals surface area contributed by atoms with Crippen LogP contribution in [0, 0.1) is 0 Å². The van der Waals surface area contributed by atoms with Gasteiger partial charge in [0.1, 0.15) is 5.75 Å². The van der Waals surface area contributed by atoms with Crippen LogP contribution in [0.15, 0.2) is 18.2 Å². The Bertz CT molecular complexity index is 325. The van der Waals surface area contributed by atoms with Crippen molar-refractivity contribution >= 4 is 0 Å². The highest BCUT2D eigenvalue weighted by atomic mass is 16.5. The van der Waals surface area contributed by atoms with E-state index in [2.05, 4.69) is 11.4 Å². The van der Waals surface area contributed by atoms with E-state index in [1.165, 1.54) is 11.1 Å². The molecule has 0 bridgehead atoms. The Morgan fingerprint density at radius 3 is 3.14 bits per heavy atom. The van der Waals surface area contributed by atoms with Crippen LogP contribution in [0.2, 0.25) is 0 Å². The number of hydrogen-bond donors (Lipinski definition) is 2. The van der Waals surface area contributed by atoms with Crippen LogP contribution in [-0.2, 0) is 6.54 Å². The third-order valence-corrected chi connectivity index (χ3v) is 2.71. The molecule has 0 unspecified atom stereocenters. The van der Waals surface area contributed by atoms with Crippen molar-refractivity contribution in [3.05, 3.63) is 29.3 Å². The summed E-state index contributed by atoms with van der Waals surface area (Å²) in [4.78, 5) is 0. The van der Waals surface area contributed by atoms with Crippen molar-refractivity contribution in [2.45, 2.75) is 19.0 Å². The Kier molecular flexibility index (Phi) is 2.70. The van der Waals surface area contributed by atoms with Crippen molar-refractivity contribution in [1.82, 2.24) is 5.32 Å². The van der Waals surface area contributed by atoms with Crippen molar-refractivity contribution < 1.29 is 9.84 Å². The minimum absolute atomic E-state index is 0.217. The quantitative estimate of drug-likeness (QED) is 0.758. The van der Waals surface area contributed by atoms with E-state index in [-0.39, 0.29) is 12.6 Å². The maximum atomic E-state index is 8.91. The van der Waals surface area contributed by atoms with Crippen LogP contribution in [-0.4, -0.2) is 18.8 Å². The first-order valence-corrected chi connectivity index (χ1v) is 4.87. The van der Waals surface area contributed by atoms with E-state index in [0.29, 0.717) is 0 Å². The van der Waals surface area contributed by atoms with Gasteiger partial charge in [0.15, 0.2) is 0 Å². The van der Waals surface area contributed by atoms with Gasteiger partial charge in [-0.3, -0.25) is 0 Å². The smallest absolute Gasteiger partial charge is 0.123 e. The lowest BCUT2D eigenvalue weighted by atomic mass is 10.0. The third kappa shape index (κ3) is 1.49. The highest BCUT2D eigenvalue weighted by Crippen LogP contribution is 2.33. The van der Waals surface area contributed by atoms with Gasteiger partial charge in [0, 0.05) is 24.8 Å². The molecule has 0 amide bonds. The Labute approximate surface area is 83.7 Å². The summed E-state index contributed by atoms with van der Waals surface area (Å²) in [5, 5.41) is 12.3. The van der Waals surface area contributed by atoms with Crippen LogP contribution < -0.4 is 10.1 Å². The summed E-state index contributed by atoms with van der Waals surface area (Å²) in [5.41, 5.74) is 2.49. The molecular weight excluding hydrogens is 178 g/mol. The fourth-order valence-electron chi connectivity index (χ4n) is 2.01. The molecule has 0 fully saturated rings. The molecule has 2 rings (SSSR count). The molecule has 0 radical (unpaired) electrons. The zero-order chi connectivity index (χ0) is 9.97. The number of nitrogens with one attached hydrogen (secondary N) is 1. The van der Waals surface area contributed by atoms with Gasteiger partial charge in [-0.25, -0.2) is 0 Å². The molecular formula is C11H15NO2. The number of aliphatic hydroxyl groups excluding tert-OH is 1. The SMILES string of the molecule is COc1cccc2c1CN[C@H]2CCO. The number of ether oxygens (including phenoxy) is 1. The standard InChI is InChI=1S/C11H15NO2/c1-14-11-4-2-3-8-9(11)7-12-10(8)5-6-13/h2-4,10,12-13H,5-7H2,1H3/t10-/m0/s1. The van der Waals surface area contributed by atoms with E-state index in [1.54, 1.807) is 7.11 Å². The Hall–Kier alpha value is -1.06. The molecule has 0 aliphatic carbocycles. The zero-order valence-corrected chi connectivity index (χ0v) is 8.29. The fourth-order valence-corrected chi connectivity index (χ4v) is 2.01. The summed E-state index contributed by atoms with van der Waals surface area (Å²) in [6, 6.07) is 6.35. The predicted octanol–water partition coefficient (Wildman–Crippen LogP) is 1.22. The predicted molar refractivity (Wildman–Crippen MR) is 54.3 cm³/mol. The molecule has 1 heterocycles. The Morgan fingerprint density at radius 2 is 2.43 bits per heavy atom. The average molecular weight is 193 g/mol. The van der Waals surface area contributed by atoms with Crippen LogP contribution in [0.3, 0.4) is 0 Å². The third-order valence-electron chi connectivity index (χ3n) is 2.71. The second kappa shape index (κ2) is 3.98. The molecule has 1 aromatic rings. The van der Waals surface area contributed by atoms with E-state index in [9.17, 15) is 0 Å². The number of rotatable bonds is 3. The molecule has 1 atom stereocenters. The first-order chi connectivity index (χ1) is 6.86. The maximum absolute atomic E-state index is 8.91. The van der Waals surface area contributed by atoms with Crippen LogP contribution in [0.5, 0.6) is 5.75 Å². The van der Waals surface area contributed by atoms with E-state index in [0.717, 1.165) is 18.7 Å². The largest absolute Gasteiger partial charge is 0.496 e. The zero-order valence-electron chi connectivity index (χ0n) is 8.29. The summed E-state index contributed by atoms with van der Waals surface area (Å²) in [5.74, 6) is 0.940. The van der Waals surface area contributed by atoms with E-state index in [1.807, 2.05) is 12.1 Å². The molecule has 1 aliphatic heterocycles. The Balaban J connectivity index is 2.31. The summed E-state index contributed by atoms with van der Waals surface area (Å²) in [6.07, 6.45) is 0.764. The molecule has 0 spiro atoms. The molecule has 1 aliphatic rings. The molecule has 76 valence electrons. The summed E-state index contributed by atoms with van der Waals surface area (Å²) < 4.78 is 5.28. The molecule has 14 heavy (non-hydrogen) atoms. The minimum atomic E-state index is 0.217. The van der Waals surface area contributed by atoms with Crippen LogP contribution >= 0.6 is 0 Å². The topological polar surface area (TPSA) is 41.5 Å². The van der Waals surface area contributed by atoms with Crippen LogP contribution in [0.25, 0.3) is 0 Å². The number of aliphatic hydroxyl groups is 1. The monoisotopic (exact) mass is 193 g/mol. The Morgan fingerprint density at radius 1 is 1.57 bits per heavy atom. The number of fused-ring (bicyclic) bond motifs is 1. The van der Waals surface area contributed by atoms with Crippen molar-refractivity contribution in [1.29, 1.82) is 0 Å². The summed E-state index contributed by atoms with van der Waals surface area (Å²) in [6.45, 7) is 1.05. The first-order valence-electron chi connectivity index (χ1n) is 4.87. The van der Waals surface area contributed by atoms with Crippen LogP contribution in [0.1, 0.15) is 23.6 Å². The van der Waals surface area contributed by atoms with E-state index >= 15 is 0 Å². The number of hydrogen-bond acceptors (Lipinski definition) is 3. The fraction of sp³-hybridized carbons (Fsp3) is 0.455. The molecule has 0 saturated heterocycles. The molecule has 3 nitrogen and oxygen atoms in total. The van der Waals surface area contributed by atoms with Gasteiger partial charge in [-0.1, -0.05) is 12.1 Å². The van der Waals surface area contributed by atoms with Gasteiger partial charge in [0.05, 0.1) is 7.11 Å². The minimum Gasteiger partial charge on any atom is -0.496 e. The molecule has 0 aromatic heterocycles. The van der Waals surface area contributed by atoms with Crippen molar-refractivity contribution in [3.8, 4) is 5.75 Å². The van der Waals surface area contributed by atoms with Gasteiger partial charge in [0.25, 0.3) is 0 Å². The average Bonchev–Trinajstić information content (AvgIpc) is 2.62. The molecule has 2 N–H and O–H groups in total. The highest BCUT2D eigenvalue weighted by molar-refractivity contribution is 5.44. The van der Waals surface area contributed by atoms with Crippen molar-refractivity contribution in [2.24, 2.45) is 0 Å². The summed E-state index contributed by atoms with van der Waals surface area (Å²) in [7, 11) is 1.69. The number of methoxy groups -OCH3 is 1. The second-order valence-electron chi connectivity index (χ2n) is 3.47. The van der Waals surface area contributed by atoms with Gasteiger partial charge in [-0.2, -0.15) is 0 Å². The maximum Gasteiger partial charge on any atom is 0.123 e. The normalized spacial score (nSPS) is 19.4. The second-order valence-corrected chi connectivity index (χ2v) is 3.47. The molecule has 3 heteroatoms. The van der Waals surface area contributed by atoms with Crippen molar-refractivity contribution in [3.63, 3.8) is 0 Å². The van der Waals surface area contributed by atoms with Crippen LogP contribution in [0.4, 0.5) is 0 Å². The van der Waals surface area contributed by atoms with Crippen molar-refractivity contribution in [2.75, 3.05) is 13.7 Å². The van der Waals surface area contributed by atoms with E-state index in [4.69, 9.17) is 9.84 Å². The highest BCUT2D eigenvalue weighted by Gasteiger charge is 2.23. The van der Waals surface area contributed by atoms with Gasteiger partial charge in [-0.15, -0.1) is 0 Å². The first kappa shape index (κ1) is 9.49. The lowest BCUT2D eigenvalue weighted by Crippen LogP contribution is -2.13. The van der Waals surface area contributed by atoms with Gasteiger partial charge in [-0.05, 0) is 18.1 Å². The van der Waals surface area contributed by atoms with E-state index < -0.39 is 0 Å². The number of benzene rings is 1. The van der Waals surface area contributed by atoms with Gasteiger partial charge < -0.3 is 15.2 Å². The lowest BCUT2D eigenvalue weighted by molar-refractivity contribution is 0.269. The van der Waals surface area contributed by atoms with Gasteiger partial charge >= 0.3 is 0 Å². The van der Waals surface area contributed by atoms with Gasteiger partial charge in [0.2, 0.25) is 0 Å². The molecule has 1 aromatic carbocycles. The summed E-state index contributed by atoms with van der Waals surface area (Å²) >= 11 is 0.